The van der Waals surface area contributed by atoms with Gasteiger partial charge in [0, 0.05) is 12.6 Å². The maximum atomic E-state index is 14.7. The molecular formula is C20H25FN3O. The number of nitrogens with one attached hydrogen (secondary N) is 1. The molecule has 4 nitrogen and oxygen atoms in total. The number of halogens is 1. The molecule has 0 aliphatic carbocycles. The van der Waals surface area contributed by atoms with E-state index in [0.29, 0.717) is 12.2 Å². The molecule has 2 aromatic rings. The molecular weight excluding hydrogens is 317 g/mol. The smallest absolute Gasteiger partial charge is 0.148 e. The lowest BCUT2D eigenvalue weighted by molar-refractivity contribution is 0.143. The average molecular weight is 342 g/mol. The zero-order valence-corrected chi connectivity index (χ0v) is 14.9. The number of para-hydroxylation sites is 1. The summed E-state index contributed by atoms with van der Waals surface area (Å²) < 4.78 is 14.7. The Kier molecular flexibility index (Phi) is 5.25. The topological polar surface area (TPSA) is 38.7 Å². The lowest BCUT2D eigenvalue weighted by Crippen LogP contribution is -2.41. The second-order valence-electron chi connectivity index (χ2n) is 6.61. The Morgan fingerprint density at radius 3 is 2.40 bits per heavy atom. The summed E-state index contributed by atoms with van der Waals surface area (Å²) in [5.74, 6) is -0.283. The Morgan fingerprint density at radius 2 is 1.76 bits per heavy atom. The highest BCUT2D eigenvalue weighted by Crippen LogP contribution is 2.46. The number of anilines is 2. The fraction of sp³-hybridized carbons (Fsp3) is 0.350. The fourth-order valence-corrected chi connectivity index (χ4v) is 3.38. The molecule has 0 saturated heterocycles. The summed E-state index contributed by atoms with van der Waals surface area (Å²) in [5.41, 5.74) is 2.29. The van der Waals surface area contributed by atoms with Crippen LogP contribution in [0.25, 0.3) is 0 Å². The van der Waals surface area contributed by atoms with E-state index in [9.17, 15) is 9.50 Å². The van der Waals surface area contributed by atoms with Gasteiger partial charge in [-0.3, -0.25) is 0 Å². The van der Waals surface area contributed by atoms with Gasteiger partial charge in [0.2, 0.25) is 0 Å². The van der Waals surface area contributed by atoms with E-state index in [2.05, 4.69) is 19.2 Å². The number of hydrogen-bond donors (Lipinski definition) is 2. The van der Waals surface area contributed by atoms with E-state index in [1.54, 1.807) is 13.1 Å². The number of rotatable bonds is 6. The number of likely N-dealkylation sites (N-methyl/N-ethyl adjacent to an activating group) is 1. The number of hydrogen-bond acceptors (Lipinski definition) is 4. The third kappa shape index (κ3) is 3.34. The summed E-state index contributed by atoms with van der Waals surface area (Å²) in [6, 6.07) is 14.7. The van der Waals surface area contributed by atoms with Crippen LogP contribution in [0.15, 0.2) is 48.5 Å². The summed E-state index contributed by atoms with van der Waals surface area (Å²) >= 11 is 0. The van der Waals surface area contributed by atoms with Crippen molar-refractivity contribution in [2.75, 3.05) is 23.4 Å². The highest BCUT2D eigenvalue weighted by Gasteiger charge is 2.38. The molecule has 0 bridgehead atoms. The zero-order chi connectivity index (χ0) is 18.0. The molecule has 0 amide bonds. The van der Waals surface area contributed by atoms with Crippen molar-refractivity contribution in [2.45, 2.75) is 32.0 Å². The van der Waals surface area contributed by atoms with Crippen LogP contribution < -0.4 is 15.1 Å². The van der Waals surface area contributed by atoms with Crippen molar-refractivity contribution in [3.8, 4) is 0 Å². The molecule has 1 heterocycles. The van der Waals surface area contributed by atoms with Crippen LogP contribution in [0.3, 0.4) is 0 Å². The number of aliphatic hydroxyl groups is 1. The molecule has 0 saturated carbocycles. The first-order valence-electron chi connectivity index (χ1n) is 8.62. The molecule has 2 aromatic carbocycles. The molecule has 0 spiro atoms. The van der Waals surface area contributed by atoms with Gasteiger partial charge in [0.25, 0.3) is 0 Å². The number of benzene rings is 2. The van der Waals surface area contributed by atoms with Crippen LogP contribution in [0.5, 0.6) is 0 Å². The maximum Gasteiger partial charge on any atom is 0.148 e. The minimum atomic E-state index is -0.691. The van der Waals surface area contributed by atoms with Gasteiger partial charge >= 0.3 is 0 Å². The van der Waals surface area contributed by atoms with Crippen molar-refractivity contribution in [3.05, 3.63) is 66.6 Å². The molecule has 2 N–H and O–H groups in total. The first-order chi connectivity index (χ1) is 12.0. The number of nitrogens with zero attached hydrogens (tertiary/aromatic N) is 2. The minimum Gasteiger partial charge on any atom is -0.389 e. The van der Waals surface area contributed by atoms with Crippen LogP contribution in [-0.2, 0) is 0 Å². The van der Waals surface area contributed by atoms with Crippen LogP contribution in [0.2, 0.25) is 0 Å². The quantitative estimate of drug-likeness (QED) is 0.845. The molecule has 25 heavy (non-hydrogen) atoms. The van der Waals surface area contributed by atoms with Crippen molar-refractivity contribution >= 4 is 11.4 Å². The Morgan fingerprint density at radius 1 is 1.04 bits per heavy atom. The van der Waals surface area contributed by atoms with Crippen LogP contribution in [-0.4, -0.2) is 30.8 Å². The summed E-state index contributed by atoms with van der Waals surface area (Å²) in [6.07, 6.45) is -0.691. The molecule has 0 aromatic heterocycles. The minimum absolute atomic E-state index is 0.184. The Balaban J connectivity index is 2.08. The van der Waals surface area contributed by atoms with Gasteiger partial charge in [0.05, 0.1) is 23.5 Å². The Labute approximate surface area is 148 Å². The number of fused-ring (bicyclic) bond motifs is 1. The average Bonchev–Trinajstić information content (AvgIpc) is 2.97. The van der Waals surface area contributed by atoms with Crippen molar-refractivity contribution in [1.29, 1.82) is 0 Å². The fourth-order valence-electron chi connectivity index (χ4n) is 3.38. The normalized spacial score (nSPS) is 16.2. The van der Waals surface area contributed by atoms with Gasteiger partial charge in [0.1, 0.15) is 12.5 Å². The number of aliphatic hydroxyl groups excluding tert-OH is 1. The predicted molar refractivity (Wildman–Crippen MR) is 99.9 cm³/mol. The van der Waals surface area contributed by atoms with Gasteiger partial charge in [0.15, 0.2) is 0 Å². The molecule has 133 valence electrons. The van der Waals surface area contributed by atoms with E-state index in [1.807, 2.05) is 52.9 Å². The second-order valence-corrected chi connectivity index (χ2v) is 6.61. The third-order valence-electron chi connectivity index (χ3n) is 4.53. The standard InChI is InChI=1S/C20H25FN3O/c1-14(2)23-13-24(20-16(21)10-7-11-17(20)23)19(18(25)12-22-3)15-8-5-4-6-9-15/h4-11,13-14,18-19,22,25H,12H2,1-3H3. The van der Waals surface area contributed by atoms with Gasteiger partial charge < -0.3 is 20.2 Å². The SMILES string of the molecule is CNCC(O)C(c1ccccc1)N1[CH]N(C(C)C)c2cccc(F)c21. The van der Waals surface area contributed by atoms with Crippen LogP contribution in [0, 0.1) is 12.5 Å². The Hall–Kier alpha value is -2.11. The zero-order valence-electron chi connectivity index (χ0n) is 14.9. The monoisotopic (exact) mass is 342 g/mol. The highest BCUT2D eigenvalue weighted by molar-refractivity contribution is 5.80. The molecule has 2 atom stereocenters. The summed E-state index contributed by atoms with van der Waals surface area (Å²) in [7, 11) is 1.80. The van der Waals surface area contributed by atoms with Crippen molar-refractivity contribution in [1.82, 2.24) is 5.32 Å². The molecule has 1 radical (unpaired) electrons. The summed E-state index contributed by atoms with van der Waals surface area (Å²) in [5, 5.41) is 13.8. The highest BCUT2D eigenvalue weighted by atomic mass is 19.1. The van der Waals surface area contributed by atoms with Gasteiger partial charge in [-0.2, -0.15) is 0 Å². The van der Waals surface area contributed by atoms with Gasteiger partial charge in [-0.05, 0) is 38.6 Å². The van der Waals surface area contributed by atoms with Crippen molar-refractivity contribution < 1.29 is 9.50 Å². The van der Waals surface area contributed by atoms with Crippen LogP contribution in [0.1, 0.15) is 25.5 Å². The first kappa shape index (κ1) is 17.7. The van der Waals surface area contributed by atoms with Crippen molar-refractivity contribution in [2.24, 2.45) is 0 Å². The van der Waals surface area contributed by atoms with E-state index in [4.69, 9.17) is 0 Å². The lowest BCUT2D eigenvalue weighted by atomic mass is 9.99. The predicted octanol–water partition coefficient (Wildman–Crippen LogP) is 3.30. The van der Waals surface area contributed by atoms with Gasteiger partial charge in [-0.1, -0.05) is 36.4 Å². The Bertz CT molecular complexity index is 707. The largest absolute Gasteiger partial charge is 0.389 e. The molecule has 2 unspecified atom stereocenters. The molecule has 0 fully saturated rings. The van der Waals surface area contributed by atoms with Crippen molar-refractivity contribution in [3.63, 3.8) is 0 Å². The van der Waals surface area contributed by atoms with Crippen LogP contribution in [0.4, 0.5) is 15.8 Å². The van der Waals surface area contributed by atoms with Gasteiger partial charge in [-0.25, -0.2) is 4.39 Å². The third-order valence-corrected chi connectivity index (χ3v) is 4.53. The lowest BCUT2D eigenvalue weighted by Gasteiger charge is -2.34. The molecule has 5 heteroatoms. The van der Waals surface area contributed by atoms with Crippen LogP contribution >= 0.6 is 0 Å². The summed E-state index contributed by atoms with van der Waals surface area (Å²) in [6.45, 7) is 6.46. The maximum absolute atomic E-state index is 14.7. The van der Waals surface area contributed by atoms with E-state index in [-0.39, 0.29) is 17.9 Å². The van der Waals surface area contributed by atoms with E-state index < -0.39 is 6.10 Å². The molecule has 1 aliphatic rings. The van der Waals surface area contributed by atoms with E-state index >= 15 is 0 Å². The first-order valence-corrected chi connectivity index (χ1v) is 8.62. The summed E-state index contributed by atoms with van der Waals surface area (Å²) in [4.78, 5) is 3.91. The molecule has 1 aliphatic heterocycles. The second kappa shape index (κ2) is 7.42. The van der Waals surface area contributed by atoms with E-state index in [1.165, 1.54) is 6.07 Å². The molecule has 3 rings (SSSR count). The van der Waals surface area contributed by atoms with E-state index in [0.717, 1.165) is 11.3 Å². The van der Waals surface area contributed by atoms with Gasteiger partial charge in [-0.15, -0.1) is 0 Å².